The molecule has 1 aliphatic rings. The van der Waals surface area contributed by atoms with E-state index in [0.717, 1.165) is 45.7 Å². The third-order valence-electron chi connectivity index (χ3n) is 6.91. The summed E-state index contributed by atoms with van der Waals surface area (Å²) in [6.45, 7) is 14.0. The van der Waals surface area contributed by atoms with Crippen molar-refractivity contribution in [1.82, 2.24) is 14.4 Å². The van der Waals surface area contributed by atoms with Crippen LogP contribution in [0.1, 0.15) is 48.0 Å². The van der Waals surface area contributed by atoms with Gasteiger partial charge in [0, 0.05) is 62.4 Å². The molecule has 4 rings (SSSR count). The Balaban J connectivity index is 1.45. The van der Waals surface area contributed by atoms with Crippen LogP contribution in [0.3, 0.4) is 0 Å². The number of hydrogen-bond donors (Lipinski definition) is 0. The highest BCUT2D eigenvalue weighted by molar-refractivity contribution is 5.89. The maximum atomic E-state index is 14.0. The predicted molar refractivity (Wildman–Crippen MR) is 140 cm³/mol. The SMILES string of the molecule is CCOC(=O)c1ccc(Cc2c(C)n(CCN3CCN(CC(C)(C)F)CC3)c3ccccc23)cc1. The summed E-state index contributed by atoms with van der Waals surface area (Å²) in [5, 5.41) is 1.29. The Hall–Kier alpha value is -2.70. The number of carbonyl (C=O) groups is 1. The number of halogens is 1. The van der Waals surface area contributed by atoms with Crippen molar-refractivity contribution >= 4 is 16.9 Å². The van der Waals surface area contributed by atoms with Gasteiger partial charge in [0.1, 0.15) is 5.67 Å². The molecule has 0 spiro atoms. The second-order valence-electron chi connectivity index (χ2n) is 10.2. The van der Waals surface area contributed by atoms with Gasteiger partial charge in [0.2, 0.25) is 0 Å². The molecule has 1 saturated heterocycles. The number of hydrogen-bond acceptors (Lipinski definition) is 4. The lowest BCUT2D eigenvalue weighted by atomic mass is 10.0. The first kappa shape index (κ1) is 25.4. The first-order chi connectivity index (χ1) is 16.7. The molecular weight excluding hydrogens is 441 g/mol. The molecule has 1 aromatic heterocycles. The molecule has 2 aromatic carbocycles. The van der Waals surface area contributed by atoms with Crippen LogP contribution in [0.4, 0.5) is 4.39 Å². The standard InChI is InChI=1S/C29H38FN3O2/c1-5-35-28(34)24-12-10-23(11-13-24)20-26-22(2)33(27-9-7-6-8-25(26)27)19-18-31-14-16-32(17-15-31)21-29(3,4)30/h6-13H,5,14-21H2,1-4H3. The smallest absolute Gasteiger partial charge is 0.338 e. The van der Waals surface area contributed by atoms with Crippen molar-refractivity contribution in [2.24, 2.45) is 0 Å². The van der Waals surface area contributed by atoms with Gasteiger partial charge in [-0.15, -0.1) is 0 Å². The molecule has 0 unspecified atom stereocenters. The molecule has 1 fully saturated rings. The molecule has 0 amide bonds. The Labute approximate surface area is 208 Å². The summed E-state index contributed by atoms with van der Waals surface area (Å²) in [4.78, 5) is 16.7. The van der Waals surface area contributed by atoms with E-state index in [4.69, 9.17) is 4.74 Å². The average molecular weight is 480 g/mol. The second kappa shape index (κ2) is 10.9. The van der Waals surface area contributed by atoms with Gasteiger partial charge in [-0.3, -0.25) is 9.80 Å². The molecular formula is C29H38FN3O2. The molecule has 0 aliphatic carbocycles. The van der Waals surface area contributed by atoms with Gasteiger partial charge >= 0.3 is 5.97 Å². The molecule has 5 nitrogen and oxygen atoms in total. The van der Waals surface area contributed by atoms with Gasteiger partial charge in [-0.25, -0.2) is 9.18 Å². The Morgan fingerprint density at radius 1 is 0.971 bits per heavy atom. The number of para-hydroxylation sites is 1. The van der Waals surface area contributed by atoms with Gasteiger partial charge < -0.3 is 9.30 Å². The lowest BCUT2D eigenvalue weighted by Gasteiger charge is -2.36. The first-order valence-corrected chi connectivity index (χ1v) is 12.7. The summed E-state index contributed by atoms with van der Waals surface area (Å²) in [7, 11) is 0. The summed E-state index contributed by atoms with van der Waals surface area (Å²) < 4.78 is 21.5. The number of nitrogens with zero attached hydrogens (tertiary/aromatic N) is 3. The first-order valence-electron chi connectivity index (χ1n) is 12.7. The highest BCUT2D eigenvalue weighted by Crippen LogP contribution is 2.28. The molecule has 35 heavy (non-hydrogen) atoms. The van der Waals surface area contributed by atoms with E-state index in [1.807, 2.05) is 31.2 Å². The Bertz CT molecular complexity index is 1140. The number of ether oxygens (including phenoxy) is 1. The van der Waals surface area contributed by atoms with Gasteiger partial charge in [0.25, 0.3) is 0 Å². The predicted octanol–water partition coefficient (Wildman–Crippen LogP) is 5.08. The Morgan fingerprint density at radius 3 is 2.29 bits per heavy atom. The molecule has 0 atom stereocenters. The highest BCUT2D eigenvalue weighted by Gasteiger charge is 2.24. The fourth-order valence-electron chi connectivity index (χ4n) is 5.14. The van der Waals surface area contributed by atoms with E-state index in [1.54, 1.807) is 13.8 Å². The van der Waals surface area contributed by atoms with Crippen molar-refractivity contribution < 1.29 is 13.9 Å². The molecule has 6 heteroatoms. The quantitative estimate of drug-likeness (QED) is 0.401. The number of alkyl halides is 1. The van der Waals surface area contributed by atoms with Crippen molar-refractivity contribution in [3.05, 3.63) is 70.9 Å². The van der Waals surface area contributed by atoms with E-state index in [0.29, 0.717) is 18.7 Å². The second-order valence-corrected chi connectivity index (χ2v) is 10.2. The summed E-state index contributed by atoms with van der Waals surface area (Å²) in [6, 6.07) is 16.4. The minimum atomic E-state index is -1.14. The van der Waals surface area contributed by atoms with Gasteiger partial charge in [0.05, 0.1) is 12.2 Å². The summed E-state index contributed by atoms with van der Waals surface area (Å²) >= 11 is 0. The number of piperazine rings is 1. The lowest BCUT2D eigenvalue weighted by Crippen LogP contribution is -2.50. The normalized spacial score (nSPS) is 15.6. The van der Waals surface area contributed by atoms with Crippen LogP contribution >= 0.6 is 0 Å². The molecule has 1 aliphatic heterocycles. The van der Waals surface area contributed by atoms with E-state index in [2.05, 4.69) is 45.6 Å². The zero-order valence-electron chi connectivity index (χ0n) is 21.5. The highest BCUT2D eigenvalue weighted by atomic mass is 19.1. The molecule has 2 heterocycles. The summed E-state index contributed by atoms with van der Waals surface area (Å²) in [5.74, 6) is -0.277. The van der Waals surface area contributed by atoms with E-state index in [-0.39, 0.29) is 5.97 Å². The van der Waals surface area contributed by atoms with Crippen molar-refractivity contribution in [3.63, 3.8) is 0 Å². The van der Waals surface area contributed by atoms with Gasteiger partial charge in [-0.2, -0.15) is 0 Å². The van der Waals surface area contributed by atoms with Gasteiger partial charge in [-0.1, -0.05) is 30.3 Å². The van der Waals surface area contributed by atoms with Gasteiger partial charge in [0.15, 0.2) is 0 Å². The average Bonchev–Trinajstić information content (AvgIpc) is 3.09. The fourth-order valence-corrected chi connectivity index (χ4v) is 5.14. The zero-order valence-corrected chi connectivity index (χ0v) is 21.5. The number of esters is 1. The minimum Gasteiger partial charge on any atom is -0.462 e. The minimum absolute atomic E-state index is 0.277. The monoisotopic (exact) mass is 479 g/mol. The van der Waals surface area contributed by atoms with Crippen LogP contribution in [0, 0.1) is 6.92 Å². The van der Waals surface area contributed by atoms with Crippen LogP contribution in [0.15, 0.2) is 48.5 Å². The van der Waals surface area contributed by atoms with Gasteiger partial charge in [-0.05, 0) is 63.4 Å². The van der Waals surface area contributed by atoms with Crippen LogP contribution in [0.5, 0.6) is 0 Å². The topological polar surface area (TPSA) is 37.7 Å². The zero-order chi connectivity index (χ0) is 25.0. The van der Waals surface area contributed by atoms with Crippen LogP contribution in [-0.2, 0) is 17.7 Å². The maximum Gasteiger partial charge on any atom is 0.338 e. The van der Waals surface area contributed by atoms with E-state index in [9.17, 15) is 9.18 Å². The van der Waals surface area contributed by atoms with Crippen LogP contribution < -0.4 is 0 Å². The molecule has 188 valence electrons. The van der Waals surface area contributed by atoms with Crippen LogP contribution in [0.25, 0.3) is 10.9 Å². The molecule has 0 N–H and O–H groups in total. The van der Waals surface area contributed by atoms with Crippen molar-refractivity contribution in [1.29, 1.82) is 0 Å². The molecule has 0 saturated carbocycles. The lowest BCUT2D eigenvalue weighted by molar-refractivity contribution is 0.0526. The summed E-state index contributed by atoms with van der Waals surface area (Å²) in [5.41, 5.74) is 4.51. The Morgan fingerprint density at radius 2 is 1.63 bits per heavy atom. The number of rotatable bonds is 9. The van der Waals surface area contributed by atoms with Crippen molar-refractivity contribution in [2.75, 3.05) is 45.9 Å². The molecule has 0 bridgehead atoms. The largest absolute Gasteiger partial charge is 0.462 e. The molecule has 0 radical (unpaired) electrons. The van der Waals surface area contributed by atoms with Crippen LogP contribution in [-0.4, -0.2) is 71.9 Å². The number of aromatic nitrogens is 1. The number of fused-ring (bicyclic) bond motifs is 1. The van der Waals surface area contributed by atoms with Crippen molar-refractivity contribution in [2.45, 2.75) is 46.3 Å². The Kier molecular flexibility index (Phi) is 7.92. The number of carbonyl (C=O) groups excluding carboxylic acids is 1. The van der Waals surface area contributed by atoms with E-state index < -0.39 is 5.67 Å². The van der Waals surface area contributed by atoms with E-state index in [1.165, 1.54) is 27.7 Å². The summed E-state index contributed by atoms with van der Waals surface area (Å²) in [6.07, 6.45) is 0.820. The molecule has 3 aromatic rings. The third-order valence-corrected chi connectivity index (χ3v) is 6.91. The van der Waals surface area contributed by atoms with Crippen LogP contribution in [0.2, 0.25) is 0 Å². The van der Waals surface area contributed by atoms with E-state index >= 15 is 0 Å². The third kappa shape index (κ3) is 6.30. The maximum absolute atomic E-state index is 14.0. The number of benzene rings is 2. The fraction of sp³-hybridized carbons (Fsp3) is 0.483. The van der Waals surface area contributed by atoms with Crippen molar-refractivity contribution in [3.8, 4) is 0 Å².